The number of furan rings is 1. The van der Waals surface area contributed by atoms with Crippen LogP contribution >= 0.6 is 0 Å². The van der Waals surface area contributed by atoms with Crippen LogP contribution in [0.4, 0.5) is 11.8 Å². The third-order valence-electron chi connectivity index (χ3n) is 3.03. The minimum Gasteiger partial charge on any atom is -0.467 e. The van der Waals surface area contributed by atoms with Gasteiger partial charge in [0.2, 0.25) is 5.95 Å². The molecule has 6 nitrogen and oxygen atoms in total. The van der Waals surface area contributed by atoms with E-state index >= 15 is 0 Å². The molecule has 0 radical (unpaired) electrons. The molecule has 2 N–H and O–H groups in total. The predicted molar refractivity (Wildman–Crippen MR) is 84.4 cm³/mol. The fourth-order valence-electron chi connectivity index (χ4n) is 2.00. The number of nitrogens with zero attached hydrogens (tertiary/aromatic N) is 3. The number of pyridine rings is 1. The van der Waals surface area contributed by atoms with Gasteiger partial charge in [-0.05, 0) is 31.2 Å². The van der Waals surface area contributed by atoms with E-state index < -0.39 is 0 Å². The summed E-state index contributed by atoms with van der Waals surface area (Å²) in [6, 6.07) is 11.5. The first-order valence-corrected chi connectivity index (χ1v) is 7.05. The summed E-state index contributed by atoms with van der Waals surface area (Å²) in [6.45, 7) is 3.11. The first kappa shape index (κ1) is 14.1. The van der Waals surface area contributed by atoms with E-state index in [1.54, 1.807) is 12.5 Å². The van der Waals surface area contributed by atoms with Crippen LogP contribution in [0.15, 0.2) is 53.3 Å². The lowest BCUT2D eigenvalue weighted by molar-refractivity contribution is 0.518. The molecule has 0 saturated heterocycles. The second kappa shape index (κ2) is 6.71. The summed E-state index contributed by atoms with van der Waals surface area (Å²) in [5, 5.41) is 6.41. The monoisotopic (exact) mass is 295 g/mol. The van der Waals surface area contributed by atoms with Crippen molar-refractivity contribution in [3.8, 4) is 0 Å². The van der Waals surface area contributed by atoms with Gasteiger partial charge < -0.3 is 15.1 Å². The molecule has 0 atom stereocenters. The Morgan fingerprint density at radius 2 is 2.00 bits per heavy atom. The molecule has 3 aromatic heterocycles. The summed E-state index contributed by atoms with van der Waals surface area (Å²) in [7, 11) is 0. The molecule has 112 valence electrons. The molecule has 0 spiro atoms. The van der Waals surface area contributed by atoms with Crippen molar-refractivity contribution in [1.82, 2.24) is 15.0 Å². The molecule has 0 aliphatic heterocycles. The lowest BCUT2D eigenvalue weighted by Crippen LogP contribution is -2.08. The lowest BCUT2D eigenvalue weighted by Gasteiger charge is -2.09. The Hall–Kier alpha value is -2.89. The zero-order valence-corrected chi connectivity index (χ0v) is 12.3. The molecule has 3 heterocycles. The minimum atomic E-state index is 0.576. The van der Waals surface area contributed by atoms with E-state index in [4.69, 9.17) is 4.42 Å². The van der Waals surface area contributed by atoms with E-state index in [0.717, 1.165) is 23.0 Å². The standard InChI is InChI=1S/C16H17N5O/c1-12-9-15(18-11-14-6-4-8-22-14)21-16(20-12)19-10-13-5-2-3-7-17-13/h2-9H,10-11H2,1H3,(H2,18,19,20,21). The summed E-state index contributed by atoms with van der Waals surface area (Å²) < 4.78 is 5.29. The fourth-order valence-corrected chi connectivity index (χ4v) is 2.00. The lowest BCUT2D eigenvalue weighted by atomic mass is 10.3. The van der Waals surface area contributed by atoms with Gasteiger partial charge in [0.1, 0.15) is 11.6 Å². The largest absolute Gasteiger partial charge is 0.467 e. The van der Waals surface area contributed by atoms with Crippen LogP contribution < -0.4 is 10.6 Å². The number of aryl methyl sites for hydroxylation is 1. The van der Waals surface area contributed by atoms with Crippen LogP contribution in [0.5, 0.6) is 0 Å². The van der Waals surface area contributed by atoms with Gasteiger partial charge in [0.15, 0.2) is 0 Å². The van der Waals surface area contributed by atoms with Crippen LogP contribution in [-0.4, -0.2) is 15.0 Å². The summed E-state index contributed by atoms with van der Waals surface area (Å²) in [4.78, 5) is 13.1. The molecule has 0 aromatic carbocycles. The molecule has 22 heavy (non-hydrogen) atoms. The third kappa shape index (κ3) is 3.82. The van der Waals surface area contributed by atoms with E-state index in [1.165, 1.54) is 0 Å². The highest BCUT2D eigenvalue weighted by molar-refractivity contribution is 5.42. The predicted octanol–water partition coefficient (Wildman–Crippen LogP) is 3.00. The summed E-state index contributed by atoms with van der Waals surface area (Å²) >= 11 is 0. The Kier molecular flexibility index (Phi) is 4.29. The van der Waals surface area contributed by atoms with Crippen molar-refractivity contribution >= 4 is 11.8 Å². The van der Waals surface area contributed by atoms with Gasteiger partial charge in [-0.15, -0.1) is 0 Å². The van der Waals surface area contributed by atoms with E-state index in [-0.39, 0.29) is 0 Å². The zero-order chi connectivity index (χ0) is 15.2. The Morgan fingerprint density at radius 3 is 2.77 bits per heavy atom. The molecule has 0 aliphatic carbocycles. The van der Waals surface area contributed by atoms with Gasteiger partial charge in [0, 0.05) is 18.0 Å². The average Bonchev–Trinajstić information content (AvgIpc) is 3.05. The fraction of sp³-hybridized carbons (Fsp3) is 0.188. The highest BCUT2D eigenvalue weighted by Gasteiger charge is 2.03. The summed E-state index contributed by atoms with van der Waals surface area (Å²) in [5.74, 6) is 2.19. The Morgan fingerprint density at radius 1 is 1.05 bits per heavy atom. The van der Waals surface area contributed by atoms with Gasteiger partial charge in [0.25, 0.3) is 0 Å². The highest BCUT2D eigenvalue weighted by Crippen LogP contribution is 2.12. The minimum absolute atomic E-state index is 0.576. The van der Waals surface area contributed by atoms with Crippen LogP contribution in [-0.2, 0) is 13.1 Å². The number of nitrogens with one attached hydrogen (secondary N) is 2. The molecule has 3 rings (SSSR count). The van der Waals surface area contributed by atoms with Crippen molar-refractivity contribution < 1.29 is 4.42 Å². The van der Waals surface area contributed by atoms with Gasteiger partial charge in [0.05, 0.1) is 25.0 Å². The maximum absolute atomic E-state index is 5.29. The van der Waals surface area contributed by atoms with Crippen molar-refractivity contribution in [3.05, 3.63) is 66.0 Å². The van der Waals surface area contributed by atoms with Crippen molar-refractivity contribution in [2.45, 2.75) is 20.0 Å². The Balaban J connectivity index is 1.64. The van der Waals surface area contributed by atoms with Gasteiger partial charge in [-0.2, -0.15) is 4.98 Å². The van der Waals surface area contributed by atoms with Gasteiger partial charge >= 0.3 is 0 Å². The van der Waals surface area contributed by atoms with Crippen LogP contribution in [0.1, 0.15) is 17.1 Å². The van der Waals surface area contributed by atoms with Gasteiger partial charge in [-0.3, -0.25) is 4.98 Å². The van der Waals surface area contributed by atoms with Crippen molar-refractivity contribution in [3.63, 3.8) is 0 Å². The second-order valence-electron chi connectivity index (χ2n) is 4.83. The molecule has 0 amide bonds. The molecule has 3 aromatic rings. The zero-order valence-electron chi connectivity index (χ0n) is 12.3. The van der Waals surface area contributed by atoms with Crippen LogP contribution in [0.25, 0.3) is 0 Å². The topological polar surface area (TPSA) is 75.9 Å². The number of rotatable bonds is 6. The Bertz CT molecular complexity index is 713. The summed E-state index contributed by atoms with van der Waals surface area (Å²) in [6.07, 6.45) is 3.42. The number of hydrogen-bond donors (Lipinski definition) is 2. The van der Waals surface area contributed by atoms with E-state index in [0.29, 0.717) is 19.0 Å². The van der Waals surface area contributed by atoms with Crippen LogP contribution in [0.3, 0.4) is 0 Å². The third-order valence-corrected chi connectivity index (χ3v) is 3.03. The Labute approximate surface area is 128 Å². The molecule has 0 saturated carbocycles. The SMILES string of the molecule is Cc1cc(NCc2ccco2)nc(NCc2ccccn2)n1. The summed E-state index contributed by atoms with van der Waals surface area (Å²) in [5.41, 5.74) is 1.83. The van der Waals surface area contributed by atoms with E-state index in [9.17, 15) is 0 Å². The second-order valence-corrected chi connectivity index (χ2v) is 4.83. The van der Waals surface area contributed by atoms with Crippen molar-refractivity contribution in [1.29, 1.82) is 0 Å². The molecule has 0 unspecified atom stereocenters. The van der Waals surface area contributed by atoms with Crippen LogP contribution in [0, 0.1) is 6.92 Å². The van der Waals surface area contributed by atoms with E-state index in [2.05, 4.69) is 25.6 Å². The van der Waals surface area contributed by atoms with Gasteiger partial charge in [-0.25, -0.2) is 4.98 Å². The molecular formula is C16H17N5O. The normalized spacial score (nSPS) is 10.4. The first-order valence-electron chi connectivity index (χ1n) is 7.05. The van der Waals surface area contributed by atoms with E-state index in [1.807, 2.05) is 43.3 Å². The smallest absolute Gasteiger partial charge is 0.225 e. The molecular weight excluding hydrogens is 278 g/mol. The number of anilines is 2. The molecule has 0 fully saturated rings. The number of hydrogen-bond acceptors (Lipinski definition) is 6. The first-order chi connectivity index (χ1) is 10.8. The quantitative estimate of drug-likeness (QED) is 0.728. The highest BCUT2D eigenvalue weighted by atomic mass is 16.3. The van der Waals surface area contributed by atoms with Crippen molar-refractivity contribution in [2.24, 2.45) is 0 Å². The maximum atomic E-state index is 5.29. The molecule has 6 heteroatoms. The molecule has 0 aliphatic rings. The van der Waals surface area contributed by atoms with Crippen LogP contribution in [0.2, 0.25) is 0 Å². The van der Waals surface area contributed by atoms with Crippen molar-refractivity contribution in [2.75, 3.05) is 10.6 Å². The maximum Gasteiger partial charge on any atom is 0.225 e. The van der Waals surface area contributed by atoms with Gasteiger partial charge in [-0.1, -0.05) is 6.07 Å². The number of aromatic nitrogens is 3. The average molecular weight is 295 g/mol. The molecule has 0 bridgehead atoms.